The van der Waals surface area contributed by atoms with Crippen LogP contribution in [-0.2, 0) is 19.1 Å². The molecule has 2 N–H and O–H groups in total. The van der Waals surface area contributed by atoms with Crippen LogP contribution in [0.4, 0.5) is 11.4 Å². The Morgan fingerprint density at radius 3 is 2.75 bits per heavy atom. The molecule has 1 atom stereocenters. The Bertz CT molecular complexity index is 866. The van der Waals surface area contributed by atoms with E-state index in [0.29, 0.717) is 18.7 Å². The van der Waals surface area contributed by atoms with Crippen molar-refractivity contribution in [2.24, 2.45) is 0 Å². The Balaban J connectivity index is 1.61. The number of nitrogens with one attached hydrogen (secondary N) is 2. The Hall–Kier alpha value is -2.71. The number of aryl methyl sites for hydroxylation is 1. The molecule has 1 saturated heterocycles. The molecule has 1 aromatic carbocycles. The minimum atomic E-state index is -0.761. The number of carbonyl (C=O) groups is 3. The third-order valence-corrected chi connectivity index (χ3v) is 5.39. The largest absolute Gasteiger partial charge is 0.375 e. The third-order valence-electron chi connectivity index (χ3n) is 4.68. The lowest BCUT2D eigenvalue weighted by Gasteiger charge is -2.19. The summed E-state index contributed by atoms with van der Waals surface area (Å²) in [5, 5.41) is 9.06. The van der Waals surface area contributed by atoms with E-state index in [9.17, 15) is 14.4 Å². The Kier molecular flexibility index (Phi) is 6.43. The van der Waals surface area contributed by atoms with Crippen molar-refractivity contribution >= 4 is 40.4 Å². The van der Waals surface area contributed by atoms with Crippen molar-refractivity contribution < 1.29 is 19.1 Å². The molecule has 1 fully saturated rings. The van der Waals surface area contributed by atoms with Gasteiger partial charge in [0.2, 0.25) is 5.91 Å². The monoisotopic (exact) mass is 401 g/mol. The second kappa shape index (κ2) is 8.99. The maximum Gasteiger partial charge on any atom is 0.313 e. The molecule has 0 saturated carbocycles. The molecule has 2 aromatic rings. The van der Waals surface area contributed by atoms with Crippen LogP contribution in [-0.4, -0.2) is 37.9 Å². The van der Waals surface area contributed by atoms with Crippen LogP contribution in [0.15, 0.2) is 35.0 Å². The van der Waals surface area contributed by atoms with E-state index < -0.39 is 11.8 Å². The summed E-state index contributed by atoms with van der Waals surface area (Å²) in [5.41, 5.74) is 3.13. The molecule has 0 bridgehead atoms. The molecule has 1 unspecified atom stereocenters. The van der Waals surface area contributed by atoms with Gasteiger partial charge in [0.1, 0.15) is 6.10 Å². The lowest BCUT2D eigenvalue weighted by atomic mass is 10.1. The Morgan fingerprint density at radius 1 is 1.29 bits per heavy atom. The second-order valence-electron chi connectivity index (χ2n) is 6.60. The summed E-state index contributed by atoms with van der Waals surface area (Å²) in [7, 11) is 1.56. The molecule has 1 aliphatic rings. The summed E-state index contributed by atoms with van der Waals surface area (Å²) in [4.78, 5) is 38.1. The number of rotatable bonds is 6. The van der Waals surface area contributed by atoms with Crippen molar-refractivity contribution in [3.63, 3.8) is 0 Å². The predicted octanol–water partition coefficient (Wildman–Crippen LogP) is 2.63. The van der Waals surface area contributed by atoms with Crippen molar-refractivity contribution in [3.05, 3.63) is 46.2 Å². The average molecular weight is 401 g/mol. The number of anilines is 2. The van der Waals surface area contributed by atoms with Crippen LogP contribution in [0, 0.1) is 6.92 Å². The van der Waals surface area contributed by atoms with Gasteiger partial charge in [0.15, 0.2) is 0 Å². The minimum absolute atomic E-state index is 0.0726. The van der Waals surface area contributed by atoms with E-state index in [1.54, 1.807) is 24.1 Å². The quantitative estimate of drug-likeness (QED) is 0.729. The van der Waals surface area contributed by atoms with Gasteiger partial charge in [-0.05, 0) is 53.4 Å². The number of carbonyl (C=O) groups excluding carboxylic acids is 3. The lowest BCUT2D eigenvalue weighted by molar-refractivity contribution is -0.136. The van der Waals surface area contributed by atoms with Crippen molar-refractivity contribution in [1.82, 2.24) is 5.32 Å². The molecule has 1 aliphatic heterocycles. The number of ether oxygens (including phenoxy) is 1. The van der Waals surface area contributed by atoms with Gasteiger partial charge in [-0.2, -0.15) is 11.3 Å². The molecule has 0 spiro atoms. The van der Waals surface area contributed by atoms with Gasteiger partial charge in [0, 0.05) is 38.0 Å². The van der Waals surface area contributed by atoms with Crippen molar-refractivity contribution in [2.45, 2.75) is 25.9 Å². The highest BCUT2D eigenvalue weighted by molar-refractivity contribution is 7.07. The van der Waals surface area contributed by atoms with E-state index in [-0.39, 0.29) is 18.6 Å². The number of nitrogens with zero attached hydrogens (tertiary/aromatic N) is 1. The van der Waals surface area contributed by atoms with Crippen LogP contribution >= 0.6 is 11.3 Å². The topological polar surface area (TPSA) is 87.7 Å². The number of hydrogen-bond donors (Lipinski definition) is 2. The molecular formula is C20H23N3O4S. The van der Waals surface area contributed by atoms with E-state index in [4.69, 9.17) is 4.74 Å². The molecule has 1 aromatic heterocycles. The molecule has 8 heteroatoms. The Morgan fingerprint density at radius 2 is 2.11 bits per heavy atom. The zero-order valence-corrected chi connectivity index (χ0v) is 16.7. The minimum Gasteiger partial charge on any atom is -0.375 e. The summed E-state index contributed by atoms with van der Waals surface area (Å²) in [6.45, 7) is 2.77. The highest BCUT2D eigenvalue weighted by Crippen LogP contribution is 2.28. The fraction of sp³-hybridized carbons (Fsp3) is 0.350. The first kappa shape index (κ1) is 20.0. The smallest absolute Gasteiger partial charge is 0.313 e. The van der Waals surface area contributed by atoms with E-state index in [2.05, 4.69) is 10.6 Å². The van der Waals surface area contributed by atoms with Crippen LogP contribution < -0.4 is 15.5 Å². The second-order valence-corrected chi connectivity index (χ2v) is 7.38. The van der Waals surface area contributed by atoms with Gasteiger partial charge in [0.25, 0.3) is 0 Å². The fourth-order valence-corrected chi connectivity index (χ4v) is 3.83. The number of thiophene rings is 1. The molecule has 0 radical (unpaired) electrons. The number of benzene rings is 1. The SMILES string of the molecule is COC(CNC(=O)C(=O)Nc1ccc(C)c(N2CCCC2=O)c1)c1ccsc1. The van der Waals surface area contributed by atoms with Crippen molar-refractivity contribution in [3.8, 4) is 0 Å². The van der Waals surface area contributed by atoms with E-state index >= 15 is 0 Å². The van der Waals surface area contributed by atoms with Crippen LogP contribution in [0.25, 0.3) is 0 Å². The van der Waals surface area contributed by atoms with Gasteiger partial charge in [-0.3, -0.25) is 14.4 Å². The first-order valence-electron chi connectivity index (χ1n) is 9.04. The predicted molar refractivity (Wildman–Crippen MR) is 108 cm³/mol. The first-order valence-corrected chi connectivity index (χ1v) is 9.99. The van der Waals surface area contributed by atoms with Gasteiger partial charge in [-0.25, -0.2) is 0 Å². The third kappa shape index (κ3) is 4.58. The normalized spacial score (nSPS) is 14.8. The van der Waals surface area contributed by atoms with E-state index in [1.165, 1.54) is 11.3 Å². The molecule has 148 valence electrons. The zero-order valence-electron chi connectivity index (χ0n) is 15.9. The number of methoxy groups -OCH3 is 1. The molecule has 0 aliphatic carbocycles. The van der Waals surface area contributed by atoms with E-state index in [1.807, 2.05) is 29.8 Å². The summed E-state index contributed by atoms with van der Waals surface area (Å²) in [6.07, 6.45) is 1.04. The lowest BCUT2D eigenvalue weighted by Crippen LogP contribution is -2.38. The molecule has 2 heterocycles. The van der Waals surface area contributed by atoms with Gasteiger partial charge in [0.05, 0.1) is 0 Å². The standard InChI is InChI=1S/C20H23N3O4S/c1-13-5-6-15(10-16(13)23-8-3-4-18(23)24)22-20(26)19(25)21-11-17(27-2)14-7-9-28-12-14/h5-7,9-10,12,17H,3-4,8,11H2,1-2H3,(H,21,25)(H,22,26). The first-order chi connectivity index (χ1) is 13.5. The summed E-state index contributed by atoms with van der Waals surface area (Å²) in [6, 6.07) is 7.19. The average Bonchev–Trinajstić information content (AvgIpc) is 3.35. The highest BCUT2D eigenvalue weighted by Gasteiger charge is 2.24. The van der Waals surface area contributed by atoms with Gasteiger partial charge in [-0.15, -0.1) is 0 Å². The fourth-order valence-electron chi connectivity index (χ4n) is 3.13. The molecule has 28 heavy (non-hydrogen) atoms. The van der Waals surface area contributed by atoms with Crippen LogP contribution in [0.2, 0.25) is 0 Å². The molecule has 3 amide bonds. The Labute approximate surface area is 167 Å². The maximum absolute atomic E-state index is 12.2. The van der Waals surface area contributed by atoms with E-state index in [0.717, 1.165) is 23.2 Å². The number of amides is 3. The van der Waals surface area contributed by atoms with Crippen LogP contribution in [0.5, 0.6) is 0 Å². The van der Waals surface area contributed by atoms with Gasteiger partial charge >= 0.3 is 11.8 Å². The summed E-state index contributed by atoms with van der Waals surface area (Å²) < 4.78 is 5.36. The van der Waals surface area contributed by atoms with Gasteiger partial charge < -0.3 is 20.3 Å². The molecular weight excluding hydrogens is 378 g/mol. The highest BCUT2D eigenvalue weighted by atomic mass is 32.1. The number of hydrogen-bond acceptors (Lipinski definition) is 5. The van der Waals surface area contributed by atoms with Crippen molar-refractivity contribution in [1.29, 1.82) is 0 Å². The van der Waals surface area contributed by atoms with Crippen molar-refractivity contribution in [2.75, 3.05) is 30.4 Å². The summed E-state index contributed by atoms with van der Waals surface area (Å²) in [5.74, 6) is -1.43. The summed E-state index contributed by atoms with van der Waals surface area (Å²) >= 11 is 1.54. The molecule has 3 rings (SSSR count). The van der Waals surface area contributed by atoms with Crippen LogP contribution in [0.3, 0.4) is 0 Å². The molecule has 7 nitrogen and oxygen atoms in total. The maximum atomic E-state index is 12.2. The zero-order chi connectivity index (χ0) is 20.1. The van der Waals surface area contributed by atoms with Crippen LogP contribution in [0.1, 0.15) is 30.1 Å². The van der Waals surface area contributed by atoms with Gasteiger partial charge in [-0.1, -0.05) is 6.07 Å².